The van der Waals surface area contributed by atoms with Crippen LogP contribution >= 0.6 is 15.9 Å². The molecule has 7 heteroatoms. The first-order valence-corrected chi connectivity index (χ1v) is 9.89. The van der Waals surface area contributed by atoms with Gasteiger partial charge in [-0.1, -0.05) is 40.2 Å². The molecule has 0 fully saturated rings. The number of rotatable bonds is 2. The molecule has 0 bridgehead atoms. The van der Waals surface area contributed by atoms with E-state index in [2.05, 4.69) is 33.4 Å². The van der Waals surface area contributed by atoms with Crippen molar-refractivity contribution in [2.45, 2.75) is 19.3 Å². The minimum Gasteiger partial charge on any atom is -0.311 e. The molecular weight excluding hydrogens is 418 g/mol. The van der Waals surface area contributed by atoms with Gasteiger partial charge in [0.1, 0.15) is 5.82 Å². The summed E-state index contributed by atoms with van der Waals surface area (Å²) in [6.07, 6.45) is 0.406. The van der Waals surface area contributed by atoms with Gasteiger partial charge in [0.25, 0.3) is 0 Å². The van der Waals surface area contributed by atoms with Crippen LogP contribution in [0.25, 0.3) is 17.0 Å². The number of hydrogen-bond acceptors (Lipinski definition) is 3. The van der Waals surface area contributed by atoms with Crippen molar-refractivity contribution >= 4 is 38.7 Å². The molecular formula is C21H18BrN5O. The summed E-state index contributed by atoms with van der Waals surface area (Å²) in [6, 6.07) is 16.1. The Labute approximate surface area is 170 Å². The molecule has 4 aromatic rings. The zero-order valence-corrected chi connectivity index (χ0v) is 17.1. The second kappa shape index (κ2) is 6.31. The molecule has 0 saturated heterocycles. The van der Waals surface area contributed by atoms with Crippen LogP contribution in [0.15, 0.2) is 53.0 Å². The van der Waals surface area contributed by atoms with Gasteiger partial charge >= 0.3 is 0 Å². The summed E-state index contributed by atoms with van der Waals surface area (Å²) in [5.74, 6) is 1.35. The largest absolute Gasteiger partial charge is 0.311 e. The first kappa shape index (κ1) is 17.2. The molecule has 0 spiro atoms. The van der Waals surface area contributed by atoms with Crippen molar-refractivity contribution in [3.63, 3.8) is 0 Å². The molecule has 1 N–H and O–H groups in total. The Morgan fingerprint density at radius 1 is 1.14 bits per heavy atom. The topological polar surface area (TPSA) is 64.7 Å². The van der Waals surface area contributed by atoms with Crippen LogP contribution in [0.5, 0.6) is 0 Å². The molecule has 0 unspecified atom stereocenters. The van der Waals surface area contributed by atoms with Gasteiger partial charge < -0.3 is 9.88 Å². The highest BCUT2D eigenvalue weighted by molar-refractivity contribution is 9.10. The fourth-order valence-corrected chi connectivity index (χ4v) is 4.26. The van der Waals surface area contributed by atoms with Gasteiger partial charge in [0.2, 0.25) is 11.9 Å². The van der Waals surface area contributed by atoms with Gasteiger partial charge in [0.05, 0.1) is 16.7 Å². The van der Waals surface area contributed by atoms with Crippen molar-refractivity contribution in [1.82, 2.24) is 19.3 Å². The van der Waals surface area contributed by atoms with E-state index in [1.165, 1.54) is 0 Å². The summed E-state index contributed by atoms with van der Waals surface area (Å²) < 4.78 is 4.77. The molecule has 1 aliphatic heterocycles. The van der Waals surface area contributed by atoms with Gasteiger partial charge in [-0.15, -0.1) is 0 Å². The van der Waals surface area contributed by atoms with E-state index >= 15 is 0 Å². The maximum absolute atomic E-state index is 12.5. The number of benzene rings is 2. The Morgan fingerprint density at radius 3 is 2.64 bits per heavy atom. The molecule has 3 heterocycles. The minimum absolute atomic E-state index is 0.0136. The zero-order chi connectivity index (χ0) is 19.4. The highest BCUT2D eigenvalue weighted by atomic mass is 79.9. The number of nitrogens with zero attached hydrogens (tertiary/aromatic N) is 4. The van der Waals surface area contributed by atoms with E-state index in [1.54, 1.807) is 4.68 Å². The highest BCUT2D eigenvalue weighted by Crippen LogP contribution is 2.40. The summed E-state index contributed by atoms with van der Waals surface area (Å²) >= 11 is 3.48. The fraction of sp³-hybridized carbons (Fsp3) is 0.190. The number of para-hydroxylation sites is 2. The van der Waals surface area contributed by atoms with Gasteiger partial charge in [-0.3, -0.25) is 4.79 Å². The van der Waals surface area contributed by atoms with E-state index in [9.17, 15) is 4.79 Å². The molecule has 0 radical (unpaired) electrons. The number of anilines is 1. The number of carbonyl (C=O) groups excluding carboxylic acids is 1. The van der Waals surface area contributed by atoms with Crippen molar-refractivity contribution in [1.29, 1.82) is 0 Å². The number of halogens is 1. The van der Waals surface area contributed by atoms with Gasteiger partial charge in [-0.25, -0.2) is 4.98 Å². The molecule has 6 nitrogen and oxygen atoms in total. The number of imidazole rings is 1. The van der Waals surface area contributed by atoms with Gasteiger partial charge in [-0.05, 0) is 36.8 Å². The van der Waals surface area contributed by atoms with Crippen LogP contribution in [0.1, 0.15) is 29.2 Å². The highest BCUT2D eigenvalue weighted by Gasteiger charge is 2.33. The molecule has 1 atom stereocenters. The molecule has 0 saturated carbocycles. The summed E-state index contributed by atoms with van der Waals surface area (Å²) in [6.45, 7) is 1.99. The van der Waals surface area contributed by atoms with Crippen molar-refractivity contribution in [2.24, 2.45) is 7.05 Å². The third-order valence-corrected chi connectivity index (χ3v) is 5.86. The summed E-state index contributed by atoms with van der Waals surface area (Å²) in [5.41, 5.74) is 4.97. The van der Waals surface area contributed by atoms with Crippen LogP contribution in [0.2, 0.25) is 0 Å². The Hall–Kier alpha value is -2.93. The summed E-state index contributed by atoms with van der Waals surface area (Å²) in [4.78, 5) is 17.3. The normalized spacial score (nSPS) is 16.2. The second-order valence-corrected chi connectivity index (χ2v) is 7.99. The van der Waals surface area contributed by atoms with Gasteiger partial charge in [0.15, 0.2) is 0 Å². The van der Waals surface area contributed by atoms with E-state index in [4.69, 9.17) is 10.1 Å². The number of carbonyl (C=O) groups is 1. The molecule has 0 aliphatic carbocycles. The Balaban J connectivity index is 1.71. The van der Waals surface area contributed by atoms with Crippen molar-refractivity contribution in [3.8, 4) is 5.95 Å². The number of aromatic nitrogens is 4. The predicted octanol–water partition coefficient (Wildman–Crippen LogP) is 4.30. The molecule has 5 rings (SSSR count). The average molecular weight is 436 g/mol. The number of amides is 1. The van der Waals surface area contributed by atoms with E-state index in [0.29, 0.717) is 18.2 Å². The molecule has 1 amide bonds. The number of fused-ring (bicyclic) bond motifs is 2. The summed E-state index contributed by atoms with van der Waals surface area (Å²) in [5, 5.41) is 7.79. The lowest BCUT2D eigenvalue weighted by Gasteiger charge is -2.24. The quantitative estimate of drug-likeness (QED) is 0.510. The second-order valence-electron chi connectivity index (χ2n) is 7.08. The monoisotopic (exact) mass is 435 g/mol. The lowest BCUT2D eigenvalue weighted by atomic mass is 9.86. The molecule has 140 valence electrons. The SMILES string of the molecule is Cc1nn(-c2nc3ccccc3n2C)c2c1[C@@H](c1ccc(Br)cc1)CC(=O)N2. The maximum Gasteiger partial charge on any atom is 0.233 e. The average Bonchev–Trinajstić information content (AvgIpc) is 3.19. The minimum atomic E-state index is -0.0275. The standard InChI is InChI=1S/C21H18BrN5O/c1-12-19-15(13-7-9-14(22)10-8-13)11-18(28)24-20(19)27(25-12)21-23-16-5-3-4-6-17(16)26(21)2/h3-10,15H,11H2,1-2H3,(H,24,28)/t15-/m1/s1. The Kier molecular flexibility index (Phi) is 3.87. The first-order valence-electron chi connectivity index (χ1n) is 9.09. The fourth-order valence-electron chi connectivity index (χ4n) is 3.99. The van der Waals surface area contributed by atoms with Gasteiger partial charge in [0, 0.05) is 29.4 Å². The van der Waals surface area contributed by atoms with Crippen LogP contribution in [-0.2, 0) is 11.8 Å². The number of aryl methyl sites for hydroxylation is 2. The van der Waals surface area contributed by atoms with Crippen LogP contribution in [0, 0.1) is 6.92 Å². The van der Waals surface area contributed by atoms with Crippen LogP contribution in [0.4, 0.5) is 5.82 Å². The van der Waals surface area contributed by atoms with Crippen molar-refractivity contribution in [3.05, 3.63) is 69.8 Å². The zero-order valence-electron chi connectivity index (χ0n) is 15.5. The predicted molar refractivity (Wildman–Crippen MR) is 112 cm³/mol. The third-order valence-electron chi connectivity index (χ3n) is 5.33. The first-order chi connectivity index (χ1) is 13.5. The molecule has 1 aliphatic rings. The molecule has 2 aromatic heterocycles. The maximum atomic E-state index is 12.5. The van der Waals surface area contributed by atoms with Crippen LogP contribution < -0.4 is 5.32 Å². The van der Waals surface area contributed by atoms with Crippen molar-refractivity contribution in [2.75, 3.05) is 5.32 Å². The van der Waals surface area contributed by atoms with E-state index in [-0.39, 0.29) is 11.8 Å². The molecule has 28 heavy (non-hydrogen) atoms. The summed E-state index contributed by atoms with van der Waals surface area (Å²) in [7, 11) is 1.96. The number of hydrogen-bond donors (Lipinski definition) is 1. The van der Waals surface area contributed by atoms with Crippen molar-refractivity contribution < 1.29 is 4.79 Å². The van der Waals surface area contributed by atoms with E-state index in [0.717, 1.165) is 32.3 Å². The third kappa shape index (κ3) is 2.57. The smallest absolute Gasteiger partial charge is 0.233 e. The van der Waals surface area contributed by atoms with E-state index in [1.807, 2.05) is 54.9 Å². The lowest BCUT2D eigenvalue weighted by molar-refractivity contribution is -0.116. The van der Waals surface area contributed by atoms with Crippen LogP contribution in [-0.4, -0.2) is 25.2 Å². The number of nitrogens with one attached hydrogen (secondary N) is 1. The van der Waals surface area contributed by atoms with E-state index < -0.39 is 0 Å². The Bertz CT molecular complexity index is 1220. The molecule has 2 aromatic carbocycles. The van der Waals surface area contributed by atoms with Gasteiger partial charge in [-0.2, -0.15) is 9.78 Å². The Morgan fingerprint density at radius 2 is 1.89 bits per heavy atom. The van der Waals surface area contributed by atoms with Crippen LogP contribution in [0.3, 0.4) is 0 Å². The lowest BCUT2D eigenvalue weighted by Crippen LogP contribution is -2.25.